The summed E-state index contributed by atoms with van der Waals surface area (Å²) in [6.07, 6.45) is 0. The molecule has 2 aromatic heterocycles. The SMILES string of the molecule is CNC(=O)c1cc2c(C)nn(Cc3ccc(F)cc3)c2s1. The van der Waals surface area contributed by atoms with Crippen LogP contribution >= 0.6 is 11.3 Å². The monoisotopic (exact) mass is 303 g/mol. The number of halogens is 1. The predicted octanol–water partition coefficient (Wildman–Crippen LogP) is 2.95. The highest BCUT2D eigenvalue weighted by Crippen LogP contribution is 2.28. The highest BCUT2D eigenvalue weighted by molar-refractivity contribution is 7.20. The summed E-state index contributed by atoms with van der Waals surface area (Å²) in [5.74, 6) is -0.345. The largest absolute Gasteiger partial charge is 0.354 e. The van der Waals surface area contributed by atoms with Crippen molar-refractivity contribution < 1.29 is 9.18 Å². The normalized spacial score (nSPS) is 11.0. The van der Waals surface area contributed by atoms with E-state index < -0.39 is 0 Å². The number of hydrogen-bond acceptors (Lipinski definition) is 3. The van der Waals surface area contributed by atoms with Crippen LogP contribution in [0.25, 0.3) is 10.2 Å². The molecule has 1 aromatic carbocycles. The molecule has 6 heteroatoms. The molecule has 3 rings (SSSR count). The number of hydrogen-bond donors (Lipinski definition) is 1. The van der Waals surface area contributed by atoms with Crippen LogP contribution in [0.3, 0.4) is 0 Å². The first-order chi connectivity index (χ1) is 10.1. The van der Waals surface area contributed by atoms with Crippen LogP contribution in [0.15, 0.2) is 30.3 Å². The molecule has 2 heterocycles. The summed E-state index contributed by atoms with van der Waals surface area (Å²) in [6.45, 7) is 2.47. The Morgan fingerprint density at radius 1 is 1.38 bits per heavy atom. The van der Waals surface area contributed by atoms with Crippen LogP contribution < -0.4 is 5.32 Å². The van der Waals surface area contributed by atoms with Gasteiger partial charge in [0.25, 0.3) is 5.91 Å². The summed E-state index contributed by atoms with van der Waals surface area (Å²) in [4.78, 5) is 13.3. The van der Waals surface area contributed by atoms with E-state index in [0.29, 0.717) is 11.4 Å². The third-order valence-corrected chi connectivity index (χ3v) is 4.45. The van der Waals surface area contributed by atoms with E-state index >= 15 is 0 Å². The lowest BCUT2D eigenvalue weighted by atomic mass is 10.2. The molecule has 21 heavy (non-hydrogen) atoms. The van der Waals surface area contributed by atoms with Crippen LogP contribution in [-0.2, 0) is 6.54 Å². The number of aryl methyl sites for hydroxylation is 1. The molecule has 0 radical (unpaired) electrons. The second-order valence-electron chi connectivity index (χ2n) is 4.78. The van der Waals surface area contributed by atoms with Gasteiger partial charge in [-0.1, -0.05) is 12.1 Å². The zero-order chi connectivity index (χ0) is 15.0. The fraction of sp³-hybridized carbons (Fsp3) is 0.200. The average molecular weight is 303 g/mol. The Morgan fingerprint density at radius 3 is 2.76 bits per heavy atom. The van der Waals surface area contributed by atoms with Gasteiger partial charge < -0.3 is 5.32 Å². The Hall–Kier alpha value is -2.21. The van der Waals surface area contributed by atoms with Crippen molar-refractivity contribution in [3.63, 3.8) is 0 Å². The number of carbonyl (C=O) groups excluding carboxylic acids is 1. The highest BCUT2D eigenvalue weighted by Gasteiger charge is 2.15. The number of nitrogens with zero attached hydrogens (tertiary/aromatic N) is 2. The molecule has 0 saturated carbocycles. The summed E-state index contributed by atoms with van der Waals surface area (Å²) >= 11 is 1.41. The molecule has 0 unspecified atom stereocenters. The van der Waals surface area contributed by atoms with Crippen molar-refractivity contribution in [2.45, 2.75) is 13.5 Å². The van der Waals surface area contributed by atoms with E-state index in [1.807, 2.05) is 17.7 Å². The number of fused-ring (bicyclic) bond motifs is 1. The Kier molecular flexibility index (Phi) is 3.47. The van der Waals surface area contributed by atoms with Crippen molar-refractivity contribution >= 4 is 27.5 Å². The first-order valence-corrected chi connectivity index (χ1v) is 7.33. The molecule has 0 aliphatic carbocycles. The summed E-state index contributed by atoms with van der Waals surface area (Å²) in [5, 5.41) is 8.11. The Balaban J connectivity index is 2.00. The van der Waals surface area contributed by atoms with Gasteiger partial charge in [0.05, 0.1) is 17.1 Å². The zero-order valence-corrected chi connectivity index (χ0v) is 12.5. The Morgan fingerprint density at radius 2 is 2.10 bits per heavy atom. The molecule has 0 aliphatic rings. The fourth-order valence-corrected chi connectivity index (χ4v) is 3.32. The lowest BCUT2D eigenvalue weighted by Crippen LogP contribution is -2.16. The molecule has 0 bridgehead atoms. The number of rotatable bonds is 3. The van der Waals surface area contributed by atoms with Crippen LogP contribution in [0.1, 0.15) is 20.9 Å². The van der Waals surface area contributed by atoms with Crippen LogP contribution in [0.2, 0.25) is 0 Å². The van der Waals surface area contributed by atoms with Crippen LogP contribution in [0.5, 0.6) is 0 Å². The third-order valence-electron chi connectivity index (χ3n) is 3.30. The zero-order valence-electron chi connectivity index (χ0n) is 11.7. The quantitative estimate of drug-likeness (QED) is 0.808. The average Bonchev–Trinajstić information content (AvgIpc) is 3.03. The van der Waals surface area contributed by atoms with Crippen molar-refractivity contribution in [1.29, 1.82) is 0 Å². The number of nitrogens with one attached hydrogen (secondary N) is 1. The van der Waals surface area contributed by atoms with Gasteiger partial charge in [0.1, 0.15) is 10.6 Å². The molecule has 0 aliphatic heterocycles. The molecule has 1 N–H and O–H groups in total. The predicted molar refractivity (Wildman–Crippen MR) is 81.2 cm³/mol. The van der Waals surface area contributed by atoms with Crippen molar-refractivity contribution in [3.05, 3.63) is 52.3 Å². The second-order valence-corrected chi connectivity index (χ2v) is 5.81. The third kappa shape index (κ3) is 2.54. The van der Waals surface area contributed by atoms with Crippen molar-refractivity contribution in [3.8, 4) is 0 Å². The van der Waals surface area contributed by atoms with Gasteiger partial charge in [0.2, 0.25) is 0 Å². The van der Waals surface area contributed by atoms with Crippen molar-refractivity contribution in [1.82, 2.24) is 15.1 Å². The molecule has 0 spiro atoms. The van der Waals surface area contributed by atoms with E-state index in [2.05, 4.69) is 10.4 Å². The maximum absolute atomic E-state index is 12.9. The van der Waals surface area contributed by atoms with Gasteiger partial charge in [-0.2, -0.15) is 5.10 Å². The van der Waals surface area contributed by atoms with E-state index in [4.69, 9.17) is 0 Å². The summed E-state index contributed by atoms with van der Waals surface area (Å²) < 4.78 is 14.8. The minimum atomic E-state index is -0.251. The van der Waals surface area contributed by atoms with E-state index in [1.54, 1.807) is 19.2 Å². The summed E-state index contributed by atoms with van der Waals surface area (Å²) in [7, 11) is 1.62. The fourth-order valence-electron chi connectivity index (χ4n) is 2.22. The maximum atomic E-state index is 12.9. The lowest BCUT2D eigenvalue weighted by molar-refractivity contribution is 0.0967. The minimum absolute atomic E-state index is 0.0936. The molecular formula is C15H14FN3OS. The van der Waals surface area contributed by atoms with Gasteiger partial charge in [0.15, 0.2) is 0 Å². The number of aromatic nitrogens is 2. The molecule has 0 fully saturated rings. The standard InChI is InChI=1S/C15H14FN3OS/c1-9-12-7-13(14(20)17-2)21-15(12)19(18-9)8-10-3-5-11(16)6-4-10/h3-7H,8H2,1-2H3,(H,17,20). The Labute approximate surface area is 125 Å². The summed E-state index contributed by atoms with van der Waals surface area (Å²) in [6, 6.07) is 8.22. The van der Waals surface area contributed by atoms with Gasteiger partial charge in [-0.25, -0.2) is 4.39 Å². The maximum Gasteiger partial charge on any atom is 0.261 e. The number of amides is 1. The van der Waals surface area contributed by atoms with Crippen LogP contribution in [-0.4, -0.2) is 22.7 Å². The van der Waals surface area contributed by atoms with Crippen LogP contribution in [0.4, 0.5) is 4.39 Å². The molecule has 108 valence electrons. The van der Waals surface area contributed by atoms with Gasteiger partial charge in [-0.05, 0) is 30.7 Å². The molecule has 1 amide bonds. The first-order valence-electron chi connectivity index (χ1n) is 6.52. The van der Waals surface area contributed by atoms with Gasteiger partial charge in [0, 0.05) is 12.4 Å². The van der Waals surface area contributed by atoms with Crippen molar-refractivity contribution in [2.24, 2.45) is 0 Å². The molecule has 4 nitrogen and oxygen atoms in total. The summed E-state index contributed by atoms with van der Waals surface area (Å²) in [5.41, 5.74) is 1.86. The highest BCUT2D eigenvalue weighted by atomic mass is 32.1. The molecule has 0 saturated heterocycles. The molecule has 3 aromatic rings. The van der Waals surface area contributed by atoms with Gasteiger partial charge >= 0.3 is 0 Å². The van der Waals surface area contributed by atoms with E-state index in [-0.39, 0.29) is 11.7 Å². The second kappa shape index (κ2) is 5.29. The lowest BCUT2D eigenvalue weighted by Gasteiger charge is -2.02. The van der Waals surface area contributed by atoms with Crippen LogP contribution in [0, 0.1) is 12.7 Å². The topological polar surface area (TPSA) is 46.9 Å². The first kappa shape index (κ1) is 13.8. The number of carbonyl (C=O) groups is 1. The molecule has 0 atom stereocenters. The number of thiophene rings is 1. The Bertz CT molecular complexity index is 804. The molecular weight excluding hydrogens is 289 g/mol. The van der Waals surface area contributed by atoms with E-state index in [0.717, 1.165) is 21.5 Å². The smallest absolute Gasteiger partial charge is 0.261 e. The van der Waals surface area contributed by atoms with Gasteiger partial charge in [-0.3, -0.25) is 9.48 Å². The number of benzene rings is 1. The minimum Gasteiger partial charge on any atom is -0.354 e. The van der Waals surface area contributed by atoms with E-state index in [9.17, 15) is 9.18 Å². The van der Waals surface area contributed by atoms with Crippen molar-refractivity contribution in [2.75, 3.05) is 7.05 Å². The van der Waals surface area contributed by atoms with Gasteiger partial charge in [-0.15, -0.1) is 11.3 Å². The van der Waals surface area contributed by atoms with E-state index in [1.165, 1.54) is 23.5 Å².